The molecule has 0 unspecified atom stereocenters. The molecule has 0 bridgehead atoms. The van der Waals surface area contributed by atoms with Gasteiger partial charge in [-0.3, -0.25) is 0 Å². The van der Waals surface area contributed by atoms with Crippen LogP contribution in [0.15, 0.2) is 18.2 Å². The van der Waals surface area contributed by atoms with E-state index in [1.54, 1.807) is 7.11 Å². The third kappa shape index (κ3) is 3.38. The molecule has 1 rings (SSSR count). The number of hydrogen-bond acceptors (Lipinski definition) is 1. The van der Waals surface area contributed by atoms with Gasteiger partial charge in [0.15, 0.2) is 0 Å². The predicted molar refractivity (Wildman–Crippen MR) is 69.9 cm³/mol. The van der Waals surface area contributed by atoms with Crippen LogP contribution in [0.5, 0.6) is 5.75 Å². The summed E-state index contributed by atoms with van der Waals surface area (Å²) >= 11 is 3.41. The molecular formula is C13H17BrO. The number of alkyl halides is 1. The summed E-state index contributed by atoms with van der Waals surface area (Å²) in [6.45, 7) is 4.20. The van der Waals surface area contributed by atoms with Crippen molar-refractivity contribution in [2.24, 2.45) is 0 Å². The third-order valence-corrected chi connectivity index (χ3v) is 2.73. The van der Waals surface area contributed by atoms with Gasteiger partial charge in [-0.25, -0.2) is 0 Å². The van der Waals surface area contributed by atoms with Crippen LogP contribution in [-0.2, 0) is 0 Å². The van der Waals surface area contributed by atoms with Gasteiger partial charge in [-0.2, -0.15) is 0 Å². The van der Waals surface area contributed by atoms with Crippen molar-refractivity contribution in [3.8, 4) is 5.75 Å². The minimum absolute atomic E-state index is 0.957. The average Bonchev–Trinajstić information content (AvgIpc) is 2.20. The molecule has 0 N–H and O–H groups in total. The Hall–Kier alpha value is -0.760. The van der Waals surface area contributed by atoms with Crippen molar-refractivity contribution in [2.45, 2.75) is 20.3 Å². The Morgan fingerprint density at radius 3 is 2.67 bits per heavy atom. The molecule has 0 saturated heterocycles. The number of rotatable bonds is 4. The van der Waals surface area contributed by atoms with E-state index in [0.717, 1.165) is 17.5 Å². The highest BCUT2D eigenvalue weighted by atomic mass is 79.9. The molecular weight excluding hydrogens is 252 g/mol. The van der Waals surface area contributed by atoms with Crippen molar-refractivity contribution in [1.82, 2.24) is 0 Å². The molecule has 0 aliphatic carbocycles. The van der Waals surface area contributed by atoms with Gasteiger partial charge in [0.1, 0.15) is 5.75 Å². The summed E-state index contributed by atoms with van der Waals surface area (Å²) in [4.78, 5) is 0. The normalized spacial score (nSPS) is 10.9. The van der Waals surface area contributed by atoms with Crippen molar-refractivity contribution in [3.63, 3.8) is 0 Å². The standard InChI is InChI=1S/C13H17BrO/c1-10-8-11(2)12(6-4-5-7-14)13(9-10)15-3/h4,6,8-9H,5,7H2,1-3H3/b6-4+. The Balaban J connectivity index is 3.04. The van der Waals surface area contributed by atoms with Gasteiger partial charge < -0.3 is 4.74 Å². The van der Waals surface area contributed by atoms with E-state index in [9.17, 15) is 0 Å². The highest BCUT2D eigenvalue weighted by Crippen LogP contribution is 2.25. The van der Waals surface area contributed by atoms with Gasteiger partial charge in [-0.15, -0.1) is 0 Å². The minimum atomic E-state index is 0.957. The zero-order valence-corrected chi connectivity index (χ0v) is 11.1. The first kappa shape index (κ1) is 12.3. The van der Waals surface area contributed by atoms with Crippen molar-refractivity contribution >= 4 is 22.0 Å². The summed E-state index contributed by atoms with van der Waals surface area (Å²) in [6.07, 6.45) is 5.33. The molecule has 2 heteroatoms. The second-order valence-electron chi connectivity index (χ2n) is 3.58. The van der Waals surface area contributed by atoms with Gasteiger partial charge in [0, 0.05) is 10.9 Å². The van der Waals surface area contributed by atoms with E-state index >= 15 is 0 Å². The van der Waals surface area contributed by atoms with Crippen molar-refractivity contribution < 1.29 is 4.74 Å². The fraction of sp³-hybridized carbons (Fsp3) is 0.385. The lowest BCUT2D eigenvalue weighted by Gasteiger charge is -2.09. The van der Waals surface area contributed by atoms with Gasteiger partial charge in [0.2, 0.25) is 0 Å². The molecule has 82 valence electrons. The molecule has 0 fully saturated rings. The number of halogens is 1. The number of benzene rings is 1. The minimum Gasteiger partial charge on any atom is -0.496 e. The van der Waals surface area contributed by atoms with Crippen molar-refractivity contribution in [3.05, 3.63) is 34.9 Å². The van der Waals surface area contributed by atoms with E-state index in [0.29, 0.717) is 0 Å². The number of aryl methyl sites for hydroxylation is 2. The fourth-order valence-electron chi connectivity index (χ4n) is 1.59. The number of allylic oxidation sites excluding steroid dienone is 1. The van der Waals surface area contributed by atoms with Crippen LogP contribution < -0.4 is 4.74 Å². The van der Waals surface area contributed by atoms with Gasteiger partial charge >= 0.3 is 0 Å². The largest absolute Gasteiger partial charge is 0.496 e. The molecule has 1 aromatic carbocycles. The van der Waals surface area contributed by atoms with Crippen molar-refractivity contribution in [1.29, 1.82) is 0 Å². The first-order valence-corrected chi connectivity index (χ1v) is 6.19. The first-order valence-electron chi connectivity index (χ1n) is 5.06. The molecule has 0 atom stereocenters. The van der Waals surface area contributed by atoms with Gasteiger partial charge in [-0.05, 0) is 37.5 Å². The average molecular weight is 269 g/mol. The second-order valence-corrected chi connectivity index (χ2v) is 4.37. The van der Waals surface area contributed by atoms with Gasteiger partial charge in [-0.1, -0.05) is 34.1 Å². The maximum Gasteiger partial charge on any atom is 0.126 e. The SMILES string of the molecule is COc1cc(C)cc(C)c1/C=C/CCBr. The van der Waals surface area contributed by atoms with Crippen LogP contribution in [0.2, 0.25) is 0 Å². The number of methoxy groups -OCH3 is 1. The molecule has 0 aromatic heterocycles. The molecule has 0 aliphatic rings. The van der Waals surface area contributed by atoms with E-state index in [-0.39, 0.29) is 0 Å². The number of hydrogen-bond donors (Lipinski definition) is 0. The molecule has 1 aromatic rings. The second kappa shape index (κ2) is 5.96. The molecule has 0 amide bonds. The van der Waals surface area contributed by atoms with Crippen LogP contribution >= 0.6 is 15.9 Å². The summed E-state index contributed by atoms with van der Waals surface area (Å²) in [7, 11) is 1.72. The van der Waals surface area contributed by atoms with Crippen LogP contribution in [0.25, 0.3) is 6.08 Å². The monoisotopic (exact) mass is 268 g/mol. The first-order chi connectivity index (χ1) is 7.19. The molecule has 0 heterocycles. The molecule has 15 heavy (non-hydrogen) atoms. The van der Waals surface area contributed by atoms with Crippen molar-refractivity contribution in [2.75, 3.05) is 12.4 Å². The van der Waals surface area contributed by atoms with Crippen LogP contribution in [0.4, 0.5) is 0 Å². The molecule has 0 aliphatic heterocycles. The van der Waals surface area contributed by atoms with Gasteiger partial charge in [0.25, 0.3) is 0 Å². The van der Waals surface area contributed by atoms with E-state index < -0.39 is 0 Å². The lowest BCUT2D eigenvalue weighted by Crippen LogP contribution is -1.91. The van der Waals surface area contributed by atoms with E-state index in [1.165, 1.54) is 16.7 Å². The molecule has 0 spiro atoms. The highest BCUT2D eigenvalue weighted by molar-refractivity contribution is 9.09. The Labute approximate surface area is 100 Å². The summed E-state index contributed by atoms with van der Waals surface area (Å²) in [5.74, 6) is 0.957. The lowest BCUT2D eigenvalue weighted by molar-refractivity contribution is 0.413. The lowest BCUT2D eigenvalue weighted by atomic mass is 10.0. The molecule has 0 radical (unpaired) electrons. The summed E-state index contributed by atoms with van der Waals surface area (Å²) < 4.78 is 5.37. The fourth-order valence-corrected chi connectivity index (χ4v) is 1.85. The highest BCUT2D eigenvalue weighted by Gasteiger charge is 2.03. The smallest absolute Gasteiger partial charge is 0.126 e. The summed E-state index contributed by atoms with van der Waals surface area (Å²) in [5, 5.41) is 0.997. The van der Waals surface area contributed by atoms with Crippen LogP contribution in [0.1, 0.15) is 23.1 Å². The number of ether oxygens (including phenoxy) is 1. The van der Waals surface area contributed by atoms with E-state index in [4.69, 9.17) is 4.74 Å². The summed E-state index contributed by atoms with van der Waals surface area (Å²) in [5.41, 5.74) is 3.68. The Morgan fingerprint density at radius 1 is 1.33 bits per heavy atom. The maximum absolute atomic E-state index is 5.37. The van der Waals surface area contributed by atoms with E-state index in [2.05, 4.69) is 54.1 Å². The van der Waals surface area contributed by atoms with Gasteiger partial charge in [0.05, 0.1) is 7.11 Å². The predicted octanol–water partition coefficient (Wildman–Crippen LogP) is 4.11. The third-order valence-electron chi connectivity index (χ3n) is 2.27. The Morgan fingerprint density at radius 2 is 2.07 bits per heavy atom. The maximum atomic E-state index is 5.37. The van der Waals surface area contributed by atoms with Crippen LogP contribution in [0, 0.1) is 13.8 Å². The van der Waals surface area contributed by atoms with Crippen LogP contribution in [0.3, 0.4) is 0 Å². The Kier molecular flexibility index (Phi) is 4.89. The molecule has 0 saturated carbocycles. The topological polar surface area (TPSA) is 9.23 Å². The van der Waals surface area contributed by atoms with E-state index in [1.807, 2.05) is 0 Å². The summed E-state index contributed by atoms with van der Waals surface area (Å²) in [6, 6.07) is 4.25. The quantitative estimate of drug-likeness (QED) is 0.747. The Bertz CT molecular complexity index is 356. The van der Waals surface area contributed by atoms with Crippen LogP contribution in [-0.4, -0.2) is 12.4 Å². The zero-order chi connectivity index (χ0) is 11.3. The molecule has 1 nitrogen and oxygen atoms in total. The zero-order valence-electron chi connectivity index (χ0n) is 9.51.